The number of anilines is 1. The van der Waals surface area contributed by atoms with Gasteiger partial charge >= 0.3 is 5.97 Å². The highest BCUT2D eigenvalue weighted by atomic mass is 16.7. The van der Waals surface area contributed by atoms with Crippen LogP contribution in [0.1, 0.15) is 10.4 Å². The number of carbonyl (C=O) groups excluding carboxylic acids is 3. The van der Waals surface area contributed by atoms with Gasteiger partial charge in [-0.2, -0.15) is 0 Å². The second-order valence-electron chi connectivity index (χ2n) is 6.03. The normalized spacial score (nSPS) is 13.0. The lowest BCUT2D eigenvalue weighted by atomic mass is 10.2. The minimum absolute atomic E-state index is 0.0983. The number of benzene rings is 2. The molecule has 4 rings (SSSR count). The summed E-state index contributed by atoms with van der Waals surface area (Å²) in [6.07, 6.45) is 0. The van der Waals surface area contributed by atoms with E-state index in [4.69, 9.17) is 23.7 Å². The van der Waals surface area contributed by atoms with Crippen LogP contribution in [0.4, 0.5) is 5.69 Å². The Morgan fingerprint density at radius 2 is 1.52 bits per heavy atom. The van der Waals surface area contributed by atoms with Crippen molar-refractivity contribution in [2.24, 2.45) is 0 Å². The molecule has 10 nitrogen and oxygen atoms in total. The van der Waals surface area contributed by atoms with Crippen molar-refractivity contribution in [1.29, 1.82) is 0 Å². The predicted octanol–water partition coefficient (Wildman–Crippen LogP) is 1.06. The van der Waals surface area contributed by atoms with Gasteiger partial charge in [-0.1, -0.05) is 0 Å². The molecule has 150 valence electrons. The van der Waals surface area contributed by atoms with Gasteiger partial charge in [0.1, 0.15) is 6.54 Å². The number of carbonyl (C=O) groups is 3. The highest BCUT2D eigenvalue weighted by Crippen LogP contribution is 2.34. The summed E-state index contributed by atoms with van der Waals surface area (Å²) in [4.78, 5) is 35.8. The number of fused-ring (bicyclic) bond motifs is 2. The van der Waals surface area contributed by atoms with E-state index in [9.17, 15) is 14.4 Å². The Balaban J connectivity index is 1.20. The highest BCUT2D eigenvalue weighted by Gasteiger charge is 2.18. The first kappa shape index (κ1) is 18.4. The summed E-state index contributed by atoms with van der Waals surface area (Å²) >= 11 is 0. The minimum atomic E-state index is -0.750. The number of ether oxygens (including phenoxy) is 5. The molecular formula is C19H16N2O8. The summed E-state index contributed by atoms with van der Waals surface area (Å²) in [5.41, 5.74) is 0.786. The molecule has 29 heavy (non-hydrogen) atoms. The standard InChI is InChI=1S/C19H16N2O8/c22-17(21-12-2-4-14-16(6-12)29-10-27-14)8-25-18(23)7-20-19(24)11-1-3-13-15(5-11)28-9-26-13/h1-6H,7-10H2,(H,20,24)(H,21,22). The fourth-order valence-corrected chi connectivity index (χ4v) is 2.66. The maximum absolute atomic E-state index is 12.1. The largest absolute Gasteiger partial charge is 0.454 e. The second-order valence-corrected chi connectivity index (χ2v) is 6.03. The molecule has 0 saturated carbocycles. The molecule has 2 aromatic carbocycles. The molecule has 2 aliphatic rings. The van der Waals surface area contributed by atoms with Crippen LogP contribution in [0.15, 0.2) is 36.4 Å². The fourth-order valence-electron chi connectivity index (χ4n) is 2.66. The number of nitrogens with one attached hydrogen (secondary N) is 2. The number of amides is 2. The van der Waals surface area contributed by atoms with Gasteiger partial charge in [-0.05, 0) is 30.3 Å². The average Bonchev–Trinajstić information content (AvgIpc) is 3.38. The van der Waals surface area contributed by atoms with Crippen LogP contribution in [-0.4, -0.2) is 44.5 Å². The van der Waals surface area contributed by atoms with Gasteiger partial charge in [0.05, 0.1) is 0 Å². The molecule has 0 atom stereocenters. The summed E-state index contributed by atoms with van der Waals surface area (Å²) in [5.74, 6) is 0.359. The van der Waals surface area contributed by atoms with Crippen LogP contribution in [0, 0.1) is 0 Å². The van der Waals surface area contributed by atoms with Gasteiger partial charge < -0.3 is 34.3 Å². The number of esters is 1. The molecule has 2 aromatic rings. The topological polar surface area (TPSA) is 121 Å². The third-order valence-corrected chi connectivity index (χ3v) is 4.05. The Bertz CT molecular complexity index is 975. The summed E-state index contributed by atoms with van der Waals surface area (Å²) < 4.78 is 25.6. The van der Waals surface area contributed by atoms with Crippen LogP contribution < -0.4 is 29.6 Å². The highest BCUT2D eigenvalue weighted by molar-refractivity contribution is 5.97. The summed E-state index contributed by atoms with van der Waals surface area (Å²) in [6.45, 7) is -0.652. The minimum Gasteiger partial charge on any atom is -0.454 e. The fraction of sp³-hybridized carbons (Fsp3) is 0.211. The van der Waals surface area contributed by atoms with Crippen molar-refractivity contribution in [3.63, 3.8) is 0 Å². The molecular weight excluding hydrogens is 384 g/mol. The summed E-state index contributed by atoms with van der Waals surface area (Å²) in [5, 5.41) is 5.00. The van der Waals surface area contributed by atoms with Crippen molar-refractivity contribution in [2.45, 2.75) is 0 Å². The van der Waals surface area contributed by atoms with Gasteiger partial charge in [-0.3, -0.25) is 14.4 Å². The first-order valence-electron chi connectivity index (χ1n) is 8.61. The van der Waals surface area contributed by atoms with E-state index in [1.165, 1.54) is 6.07 Å². The van der Waals surface area contributed by atoms with Crippen molar-refractivity contribution in [1.82, 2.24) is 5.32 Å². The Kier molecular flexibility index (Phi) is 5.06. The van der Waals surface area contributed by atoms with Crippen molar-refractivity contribution in [2.75, 3.05) is 32.1 Å². The van der Waals surface area contributed by atoms with Crippen LogP contribution in [0.5, 0.6) is 23.0 Å². The molecule has 0 aromatic heterocycles. The Labute approximate surface area is 164 Å². The Morgan fingerprint density at radius 1 is 0.862 bits per heavy atom. The molecule has 10 heteroatoms. The van der Waals surface area contributed by atoms with Crippen LogP contribution in [0.25, 0.3) is 0 Å². The van der Waals surface area contributed by atoms with E-state index >= 15 is 0 Å². The number of hydrogen-bond donors (Lipinski definition) is 2. The zero-order valence-corrected chi connectivity index (χ0v) is 15.1. The molecule has 2 heterocycles. The molecule has 0 aliphatic carbocycles. The number of rotatable bonds is 6. The quantitative estimate of drug-likeness (QED) is 0.691. The zero-order valence-electron chi connectivity index (χ0n) is 15.1. The van der Waals surface area contributed by atoms with Gasteiger partial charge in [-0.15, -0.1) is 0 Å². The van der Waals surface area contributed by atoms with Crippen LogP contribution in [0.2, 0.25) is 0 Å². The lowest BCUT2D eigenvalue weighted by molar-refractivity contribution is -0.146. The third-order valence-electron chi connectivity index (χ3n) is 4.05. The molecule has 2 aliphatic heterocycles. The zero-order chi connectivity index (χ0) is 20.2. The predicted molar refractivity (Wildman–Crippen MR) is 97.1 cm³/mol. The van der Waals surface area contributed by atoms with Gasteiger partial charge in [0.2, 0.25) is 13.6 Å². The van der Waals surface area contributed by atoms with Gasteiger partial charge in [-0.25, -0.2) is 0 Å². The molecule has 2 amide bonds. The van der Waals surface area contributed by atoms with Crippen molar-refractivity contribution >= 4 is 23.5 Å². The molecule has 0 spiro atoms. The molecule has 0 fully saturated rings. The van der Waals surface area contributed by atoms with Crippen molar-refractivity contribution < 1.29 is 38.1 Å². The van der Waals surface area contributed by atoms with Gasteiger partial charge in [0.25, 0.3) is 11.8 Å². The SMILES string of the molecule is O=C(COC(=O)CNC(=O)c1ccc2c(c1)OCO2)Nc1ccc2c(c1)OCO2. The molecule has 0 saturated heterocycles. The number of hydrogen-bond acceptors (Lipinski definition) is 8. The van der Waals surface area contributed by atoms with E-state index in [0.717, 1.165) is 0 Å². The Morgan fingerprint density at radius 3 is 2.28 bits per heavy atom. The third kappa shape index (κ3) is 4.32. The molecule has 2 N–H and O–H groups in total. The lowest BCUT2D eigenvalue weighted by Crippen LogP contribution is -2.32. The van der Waals surface area contributed by atoms with E-state index in [-0.39, 0.29) is 20.1 Å². The van der Waals surface area contributed by atoms with Gasteiger partial charge in [0, 0.05) is 17.3 Å². The molecule has 0 unspecified atom stereocenters. The van der Waals surface area contributed by atoms with Crippen LogP contribution >= 0.6 is 0 Å². The first-order chi connectivity index (χ1) is 14.1. The average molecular weight is 400 g/mol. The van der Waals surface area contributed by atoms with E-state index in [2.05, 4.69) is 10.6 Å². The summed E-state index contributed by atoms with van der Waals surface area (Å²) in [6, 6.07) is 9.58. The van der Waals surface area contributed by atoms with Gasteiger partial charge in [0.15, 0.2) is 29.6 Å². The van der Waals surface area contributed by atoms with E-state index in [1.807, 2.05) is 0 Å². The monoisotopic (exact) mass is 400 g/mol. The van der Waals surface area contributed by atoms with E-state index in [1.54, 1.807) is 30.3 Å². The van der Waals surface area contributed by atoms with Crippen LogP contribution in [0.3, 0.4) is 0 Å². The first-order valence-corrected chi connectivity index (χ1v) is 8.61. The van der Waals surface area contributed by atoms with E-state index in [0.29, 0.717) is 34.2 Å². The Hall–Kier alpha value is -3.95. The molecule has 0 radical (unpaired) electrons. The summed E-state index contributed by atoms with van der Waals surface area (Å²) in [7, 11) is 0. The van der Waals surface area contributed by atoms with E-state index < -0.39 is 24.4 Å². The smallest absolute Gasteiger partial charge is 0.325 e. The second kappa shape index (κ2) is 7.97. The van der Waals surface area contributed by atoms with Crippen molar-refractivity contribution in [3.8, 4) is 23.0 Å². The van der Waals surface area contributed by atoms with Crippen LogP contribution in [-0.2, 0) is 14.3 Å². The maximum Gasteiger partial charge on any atom is 0.325 e. The molecule has 0 bridgehead atoms. The van der Waals surface area contributed by atoms with Crippen molar-refractivity contribution in [3.05, 3.63) is 42.0 Å². The lowest BCUT2D eigenvalue weighted by Gasteiger charge is -2.08. The maximum atomic E-state index is 12.1.